The van der Waals surface area contributed by atoms with Crippen molar-refractivity contribution in [3.8, 4) is 0 Å². The lowest BCUT2D eigenvalue weighted by molar-refractivity contribution is -0.393. The molecule has 10 heteroatoms. The Balaban J connectivity index is 1.88. The van der Waals surface area contributed by atoms with Crippen molar-refractivity contribution < 1.29 is 23.4 Å². The molecular formula is C16H13F2N3O5. The van der Waals surface area contributed by atoms with Gasteiger partial charge in [-0.25, -0.2) is 8.78 Å². The lowest BCUT2D eigenvalue weighted by Gasteiger charge is -2.21. The average Bonchev–Trinajstić information content (AvgIpc) is 3.05. The Hall–Kier alpha value is -3.14. The molecule has 2 atom stereocenters. The first-order valence-electron chi connectivity index (χ1n) is 7.62. The summed E-state index contributed by atoms with van der Waals surface area (Å²) in [6.07, 6.45) is -0.169. The molecule has 1 heterocycles. The standard InChI is InChI=1S/C16H13F2N3O5/c17-11-3-1-9(7-12(11)18)16-14(5-6-26-16)19-13-4-2-10(20(22)23)8-15(13)21(24)25/h1-4,7-8,14,16,19H,5-6H2. The number of hydrogen-bond donors (Lipinski definition) is 1. The maximum atomic E-state index is 13.5. The van der Waals surface area contributed by atoms with E-state index < -0.39 is 45.0 Å². The van der Waals surface area contributed by atoms with Gasteiger partial charge in [0.25, 0.3) is 11.4 Å². The molecule has 3 rings (SSSR count). The molecule has 1 aliphatic rings. The van der Waals surface area contributed by atoms with E-state index in [1.165, 1.54) is 12.1 Å². The third kappa shape index (κ3) is 3.45. The number of non-ortho nitro benzene ring substituents is 1. The average molecular weight is 365 g/mol. The molecule has 0 aromatic heterocycles. The molecule has 1 aliphatic heterocycles. The van der Waals surface area contributed by atoms with Gasteiger partial charge < -0.3 is 10.1 Å². The summed E-state index contributed by atoms with van der Waals surface area (Å²) in [5.41, 5.74) is -0.371. The molecule has 8 nitrogen and oxygen atoms in total. The summed E-state index contributed by atoms with van der Waals surface area (Å²) in [6, 6.07) is 6.20. The lowest BCUT2D eigenvalue weighted by atomic mass is 10.0. The summed E-state index contributed by atoms with van der Waals surface area (Å²) in [6.45, 7) is 0.322. The van der Waals surface area contributed by atoms with Crippen molar-refractivity contribution in [3.05, 3.63) is 73.8 Å². The predicted octanol–water partition coefficient (Wildman–Crippen LogP) is 3.72. The number of nitro benzene ring substituents is 2. The van der Waals surface area contributed by atoms with E-state index >= 15 is 0 Å². The van der Waals surface area contributed by atoms with E-state index in [9.17, 15) is 29.0 Å². The van der Waals surface area contributed by atoms with Crippen molar-refractivity contribution in [1.82, 2.24) is 0 Å². The van der Waals surface area contributed by atoms with Crippen LogP contribution in [0.25, 0.3) is 0 Å². The van der Waals surface area contributed by atoms with E-state index in [-0.39, 0.29) is 5.69 Å². The molecule has 0 bridgehead atoms. The number of hydrogen-bond acceptors (Lipinski definition) is 6. The second-order valence-electron chi connectivity index (χ2n) is 5.72. The van der Waals surface area contributed by atoms with Crippen molar-refractivity contribution in [2.45, 2.75) is 18.6 Å². The van der Waals surface area contributed by atoms with E-state index in [0.717, 1.165) is 24.3 Å². The topological polar surface area (TPSA) is 108 Å². The van der Waals surface area contributed by atoms with E-state index in [1.807, 2.05) is 0 Å². The Morgan fingerprint density at radius 2 is 1.81 bits per heavy atom. The van der Waals surface area contributed by atoms with Gasteiger partial charge in [-0.15, -0.1) is 0 Å². The SMILES string of the molecule is O=[N+]([O-])c1ccc(NC2CCOC2c2ccc(F)c(F)c2)c([N+](=O)[O-])c1. The number of halogens is 2. The number of benzene rings is 2. The van der Waals surface area contributed by atoms with Crippen molar-refractivity contribution >= 4 is 17.1 Å². The van der Waals surface area contributed by atoms with E-state index in [4.69, 9.17) is 4.74 Å². The summed E-state index contributed by atoms with van der Waals surface area (Å²) >= 11 is 0. The largest absolute Gasteiger partial charge is 0.374 e. The molecule has 1 fully saturated rings. The third-order valence-electron chi connectivity index (χ3n) is 4.09. The van der Waals surface area contributed by atoms with Crippen molar-refractivity contribution in [1.29, 1.82) is 0 Å². The minimum atomic E-state index is -1.02. The summed E-state index contributed by atoms with van der Waals surface area (Å²) < 4.78 is 32.1. The number of ether oxygens (including phenoxy) is 1. The molecular weight excluding hydrogens is 352 g/mol. The van der Waals surface area contributed by atoms with Gasteiger partial charge in [0.1, 0.15) is 11.8 Å². The monoisotopic (exact) mass is 365 g/mol. The Bertz CT molecular complexity index is 877. The highest BCUT2D eigenvalue weighted by molar-refractivity contribution is 5.66. The summed E-state index contributed by atoms with van der Waals surface area (Å²) in [5.74, 6) is -2.00. The molecule has 0 aliphatic carbocycles. The maximum Gasteiger partial charge on any atom is 0.299 e. The molecule has 26 heavy (non-hydrogen) atoms. The van der Waals surface area contributed by atoms with Gasteiger partial charge >= 0.3 is 0 Å². The van der Waals surface area contributed by atoms with Crippen LogP contribution < -0.4 is 5.32 Å². The summed E-state index contributed by atoms with van der Waals surface area (Å²) in [4.78, 5) is 20.6. The highest BCUT2D eigenvalue weighted by Crippen LogP contribution is 2.35. The number of nitro groups is 2. The number of anilines is 1. The fourth-order valence-corrected chi connectivity index (χ4v) is 2.86. The number of nitrogens with zero attached hydrogens (tertiary/aromatic N) is 2. The van der Waals surface area contributed by atoms with Crippen LogP contribution in [-0.4, -0.2) is 22.5 Å². The van der Waals surface area contributed by atoms with Crippen molar-refractivity contribution in [2.75, 3.05) is 11.9 Å². The third-order valence-corrected chi connectivity index (χ3v) is 4.09. The molecule has 1 N–H and O–H groups in total. The molecule has 2 aromatic carbocycles. The zero-order valence-electron chi connectivity index (χ0n) is 13.2. The molecule has 0 radical (unpaired) electrons. The molecule has 1 saturated heterocycles. The minimum Gasteiger partial charge on any atom is -0.374 e. The van der Waals surface area contributed by atoms with Crippen LogP contribution in [0.3, 0.4) is 0 Å². The second-order valence-corrected chi connectivity index (χ2v) is 5.72. The Morgan fingerprint density at radius 3 is 2.46 bits per heavy atom. The predicted molar refractivity (Wildman–Crippen MR) is 86.8 cm³/mol. The van der Waals surface area contributed by atoms with Crippen molar-refractivity contribution in [2.24, 2.45) is 0 Å². The Labute approximate surface area is 145 Å². The highest BCUT2D eigenvalue weighted by atomic mass is 19.2. The van der Waals surface area contributed by atoms with Gasteiger partial charge in [0, 0.05) is 12.7 Å². The first-order chi connectivity index (χ1) is 12.4. The van der Waals surface area contributed by atoms with Crippen LogP contribution in [0.15, 0.2) is 36.4 Å². The van der Waals surface area contributed by atoms with Crippen LogP contribution in [-0.2, 0) is 4.74 Å². The lowest BCUT2D eigenvalue weighted by Crippen LogP contribution is -2.24. The Morgan fingerprint density at radius 1 is 1.04 bits per heavy atom. The van der Waals surface area contributed by atoms with E-state index in [1.54, 1.807) is 0 Å². The van der Waals surface area contributed by atoms with E-state index in [2.05, 4.69) is 5.32 Å². The summed E-state index contributed by atoms with van der Waals surface area (Å²) in [7, 11) is 0. The number of rotatable bonds is 5. The van der Waals surface area contributed by atoms with Crippen LogP contribution in [0.4, 0.5) is 25.8 Å². The molecule has 0 amide bonds. The molecule has 2 unspecified atom stereocenters. The van der Waals surface area contributed by atoms with Gasteiger partial charge in [-0.2, -0.15) is 0 Å². The highest BCUT2D eigenvalue weighted by Gasteiger charge is 2.32. The maximum absolute atomic E-state index is 13.5. The van der Waals surface area contributed by atoms with Gasteiger partial charge in [-0.1, -0.05) is 6.07 Å². The fraction of sp³-hybridized carbons (Fsp3) is 0.250. The van der Waals surface area contributed by atoms with Crippen LogP contribution in [0.5, 0.6) is 0 Å². The smallest absolute Gasteiger partial charge is 0.299 e. The van der Waals surface area contributed by atoms with Gasteiger partial charge in [0.15, 0.2) is 11.6 Å². The van der Waals surface area contributed by atoms with Gasteiger partial charge in [0.05, 0.1) is 22.0 Å². The number of nitrogens with one attached hydrogen (secondary N) is 1. The summed E-state index contributed by atoms with van der Waals surface area (Å²) in [5, 5.41) is 25.0. The Kier molecular flexibility index (Phi) is 4.76. The van der Waals surface area contributed by atoms with Crippen molar-refractivity contribution in [3.63, 3.8) is 0 Å². The normalized spacial score (nSPS) is 19.3. The zero-order chi connectivity index (χ0) is 18.8. The zero-order valence-corrected chi connectivity index (χ0v) is 13.2. The molecule has 0 spiro atoms. The van der Waals surface area contributed by atoms with Gasteiger partial charge in [0.2, 0.25) is 0 Å². The fourth-order valence-electron chi connectivity index (χ4n) is 2.86. The van der Waals surface area contributed by atoms with Gasteiger partial charge in [-0.05, 0) is 30.2 Å². The molecule has 136 valence electrons. The molecule has 2 aromatic rings. The first kappa shape index (κ1) is 17.7. The first-order valence-corrected chi connectivity index (χ1v) is 7.62. The van der Waals surface area contributed by atoms with Crippen LogP contribution in [0, 0.1) is 31.9 Å². The van der Waals surface area contributed by atoms with Gasteiger partial charge in [-0.3, -0.25) is 20.2 Å². The quantitative estimate of drug-likeness (QED) is 0.639. The minimum absolute atomic E-state index is 0.0867. The second kappa shape index (κ2) is 7.00. The van der Waals surface area contributed by atoms with E-state index in [0.29, 0.717) is 18.6 Å². The van der Waals surface area contributed by atoms with Crippen LogP contribution >= 0.6 is 0 Å². The van der Waals surface area contributed by atoms with Crippen LogP contribution in [0.2, 0.25) is 0 Å². The molecule has 0 saturated carbocycles. The van der Waals surface area contributed by atoms with Crippen LogP contribution in [0.1, 0.15) is 18.1 Å².